The Bertz CT molecular complexity index is 908. The Kier molecular flexibility index (Phi) is 6.28. The van der Waals surface area contributed by atoms with Crippen molar-refractivity contribution in [2.24, 2.45) is 0 Å². The summed E-state index contributed by atoms with van der Waals surface area (Å²) >= 11 is 0. The molecular weight excluding hydrogens is 344 g/mol. The molecule has 2 aromatic carbocycles. The van der Waals surface area contributed by atoms with Crippen LogP contribution in [0.3, 0.4) is 0 Å². The van der Waals surface area contributed by atoms with E-state index in [0.29, 0.717) is 19.6 Å². The topological polar surface area (TPSA) is 68.9 Å². The van der Waals surface area contributed by atoms with Gasteiger partial charge in [-0.1, -0.05) is 36.4 Å². The molecule has 3 rings (SSSR count). The van der Waals surface area contributed by atoms with Crippen molar-refractivity contribution in [3.05, 3.63) is 72.2 Å². The molecule has 0 radical (unpaired) electrons. The van der Waals surface area contributed by atoms with E-state index < -0.39 is 12.1 Å². The summed E-state index contributed by atoms with van der Waals surface area (Å²) in [5.74, 6) is 0.573. The van der Waals surface area contributed by atoms with Crippen LogP contribution in [0.5, 0.6) is 5.75 Å². The van der Waals surface area contributed by atoms with Crippen LogP contribution in [0.4, 0.5) is 0 Å². The molecule has 1 atom stereocenters. The highest BCUT2D eigenvalue weighted by Gasteiger charge is 2.17. The molecule has 0 fully saturated rings. The molecule has 0 spiro atoms. The van der Waals surface area contributed by atoms with Gasteiger partial charge in [0.05, 0.1) is 6.26 Å². The van der Waals surface area contributed by atoms with E-state index >= 15 is 0 Å². The molecule has 0 aliphatic rings. The Hall–Kier alpha value is -3.05. The molecule has 140 valence electrons. The second kappa shape index (κ2) is 9.05. The normalized spacial score (nSPS) is 12.5. The van der Waals surface area contributed by atoms with Crippen LogP contribution in [0.2, 0.25) is 0 Å². The van der Waals surface area contributed by atoms with Gasteiger partial charge in [0.25, 0.3) is 0 Å². The number of benzene rings is 2. The Labute approximate surface area is 157 Å². The highest BCUT2D eigenvalue weighted by molar-refractivity contribution is 5.88. The first-order chi connectivity index (χ1) is 13.2. The van der Waals surface area contributed by atoms with E-state index in [-0.39, 0.29) is 0 Å². The number of carboxylic acid groups (broad SMARTS) is 1. The van der Waals surface area contributed by atoms with Crippen molar-refractivity contribution in [3.8, 4) is 5.75 Å². The zero-order valence-electron chi connectivity index (χ0n) is 15.1. The molecule has 1 N–H and O–H groups in total. The fourth-order valence-electron chi connectivity index (χ4n) is 2.80. The summed E-state index contributed by atoms with van der Waals surface area (Å²) < 4.78 is 16.5. The van der Waals surface area contributed by atoms with Crippen LogP contribution in [-0.2, 0) is 16.0 Å². The molecule has 5 nitrogen and oxygen atoms in total. The van der Waals surface area contributed by atoms with Gasteiger partial charge in [0.15, 0.2) is 6.10 Å². The molecule has 1 aromatic heterocycles. The molecule has 0 aliphatic carbocycles. The average Bonchev–Trinajstić information content (AvgIpc) is 3.09. The van der Waals surface area contributed by atoms with E-state index in [1.165, 1.54) is 0 Å². The van der Waals surface area contributed by atoms with E-state index in [1.54, 1.807) is 13.2 Å². The standard InChI is InChI=1S/C22H22O5/c1-2-25-21(22(23)24)14-16-9-11-18(12-10-16)26-13-5-8-20-19-7-4-3-6-17(19)15-27-20/h3-12,15,21H,2,13-14H2,1H3,(H,23,24)/t21-/m0/s1. The van der Waals surface area contributed by atoms with E-state index in [9.17, 15) is 4.79 Å². The fraction of sp³-hybridized carbons (Fsp3) is 0.227. The largest absolute Gasteiger partial charge is 0.490 e. The number of fused-ring (bicyclic) bond motifs is 1. The summed E-state index contributed by atoms with van der Waals surface area (Å²) in [6, 6.07) is 15.4. The predicted octanol–water partition coefficient (Wildman–Crippen LogP) is 4.56. The van der Waals surface area contributed by atoms with Crippen LogP contribution < -0.4 is 4.74 Å². The molecule has 5 heteroatoms. The maximum Gasteiger partial charge on any atom is 0.333 e. The van der Waals surface area contributed by atoms with Crippen molar-refractivity contribution >= 4 is 22.8 Å². The summed E-state index contributed by atoms with van der Waals surface area (Å²) in [7, 11) is 0. The van der Waals surface area contributed by atoms with Crippen LogP contribution in [0.1, 0.15) is 18.2 Å². The Morgan fingerprint density at radius 3 is 2.70 bits per heavy atom. The minimum absolute atomic E-state index is 0.328. The van der Waals surface area contributed by atoms with Crippen LogP contribution in [0, 0.1) is 0 Å². The number of hydrogen-bond acceptors (Lipinski definition) is 4. The first-order valence-corrected chi connectivity index (χ1v) is 8.86. The van der Waals surface area contributed by atoms with Gasteiger partial charge in [-0.2, -0.15) is 0 Å². The molecule has 0 unspecified atom stereocenters. The predicted molar refractivity (Wildman–Crippen MR) is 104 cm³/mol. The van der Waals surface area contributed by atoms with Crippen molar-refractivity contribution in [2.75, 3.05) is 13.2 Å². The third kappa shape index (κ3) is 4.99. The molecule has 0 saturated heterocycles. The van der Waals surface area contributed by atoms with Gasteiger partial charge in [0.2, 0.25) is 0 Å². The zero-order valence-corrected chi connectivity index (χ0v) is 15.1. The fourth-order valence-corrected chi connectivity index (χ4v) is 2.80. The quantitative estimate of drug-likeness (QED) is 0.601. The molecule has 1 heterocycles. The van der Waals surface area contributed by atoms with Crippen molar-refractivity contribution in [2.45, 2.75) is 19.4 Å². The second-order valence-electron chi connectivity index (χ2n) is 6.03. The van der Waals surface area contributed by atoms with Gasteiger partial charge in [-0.3, -0.25) is 0 Å². The minimum Gasteiger partial charge on any atom is -0.490 e. The lowest BCUT2D eigenvalue weighted by Crippen LogP contribution is -2.26. The van der Waals surface area contributed by atoms with Crippen molar-refractivity contribution in [3.63, 3.8) is 0 Å². The zero-order chi connectivity index (χ0) is 19.1. The number of furan rings is 1. The van der Waals surface area contributed by atoms with Gasteiger partial charge < -0.3 is 19.0 Å². The molecule has 0 saturated carbocycles. The number of aliphatic carboxylic acids is 1. The van der Waals surface area contributed by atoms with Crippen LogP contribution in [0.15, 0.2) is 65.3 Å². The summed E-state index contributed by atoms with van der Waals surface area (Å²) in [5, 5.41) is 11.3. The van der Waals surface area contributed by atoms with Crippen molar-refractivity contribution in [1.82, 2.24) is 0 Å². The van der Waals surface area contributed by atoms with Gasteiger partial charge in [-0.25, -0.2) is 4.79 Å². The van der Waals surface area contributed by atoms with Crippen molar-refractivity contribution in [1.29, 1.82) is 0 Å². The smallest absolute Gasteiger partial charge is 0.333 e. The highest BCUT2D eigenvalue weighted by Crippen LogP contribution is 2.21. The lowest BCUT2D eigenvalue weighted by molar-refractivity contribution is -0.149. The lowest BCUT2D eigenvalue weighted by atomic mass is 10.1. The molecule has 3 aromatic rings. The number of rotatable bonds is 9. The first kappa shape index (κ1) is 18.7. The van der Waals surface area contributed by atoms with Crippen molar-refractivity contribution < 1.29 is 23.8 Å². The Morgan fingerprint density at radius 1 is 1.19 bits per heavy atom. The molecule has 27 heavy (non-hydrogen) atoms. The van der Waals surface area contributed by atoms with Gasteiger partial charge >= 0.3 is 5.97 Å². The molecule has 0 amide bonds. The monoisotopic (exact) mass is 366 g/mol. The van der Waals surface area contributed by atoms with Gasteiger partial charge in [-0.05, 0) is 36.8 Å². The van der Waals surface area contributed by atoms with Crippen LogP contribution >= 0.6 is 0 Å². The second-order valence-corrected chi connectivity index (χ2v) is 6.03. The van der Waals surface area contributed by atoms with Gasteiger partial charge in [0.1, 0.15) is 18.1 Å². The van der Waals surface area contributed by atoms with Gasteiger partial charge in [-0.15, -0.1) is 0 Å². The average molecular weight is 366 g/mol. The van der Waals surface area contributed by atoms with Crippen LogP contribution in [0.25, 0.3) is 16.8 Å². The van der Waals surface area contributed by atoms with E-state index in [0.717, 1.165) is 27.8 Å². The highest BCUT2D eigenvalue weighted by atomic mass is 16.5. The van der Waals surface area contributed by atoms with E-state index in [4.69, 9.17) is 19.0 Å². The lowest BCUT2D eigenvalue weighted by Gasteiger charge is -2.12. The number of ether oxygens (including phenoxy) is 2. The number of hydrogen-bond donors (Lipinski definition) is 1. The summed E-state index contributed by atoms with van der Waals surface area (Å²) in [6.45, 7) is 2.56. The van der Waals surface area contributed by atoms with Gasteiger partial charge in [0, 0.05) is 23.8 Å². The minimum atomic E-state index is -0.951. The van der Waals surface area contributed by atoms with E-state index in [2.05, 4.69) is 0 Å². The number of carboxylic acids is 1. The third-order valence-corrected chi connectivity index (χ3v) is 4.14. The summed E-state index contributed by atoms with van der Waals surface area (Å²) in [4.78, 5) is 11.1. The number of carbonyl (C=O) groups is 1. The Morgan fingerprint density at radius 2 is 1.96 bits per heavy atom. The molecular formula is C22H22O5. The SMILES string of the molecule is CCO[C@@H](Cc1ccc(OCC=Cc2occ3ccccc23)cc1)C(=O)O. The van der Waals surface area contributed by atoms with E-state index in [1.807, 2.05) is 60.7 Å². The maximum absolute atomic E-state index is 11.1. The first-order valence-electron chi connectivity index (χ1n) is 8.86. The molecule has 0 aliphatic heterocycles. The maximum atomic E-state index is 11.1. The third-order valence-electron chi connectivity index (χ3n) is 4.14. The summed E-state index contributed by atoms with van der Waals surface area (Å²) in [5.41, 5.74) is 0.890. The molecule has 0 bridgehead atoms. The van der Waals surface area contributed by atoms with Crippen LogP contribution in [-0.4, -0.2) is 30.4 Å². The Balaban J connectivity index is 1.53. The summed E-state index contributed by atoms with van der Waals surface area (Å²) in [6.07, 6.45) is 5.04.